The van der Waals surface area contributed by atoms with Crippen LogP contribution >= 0.6 is 27.5 Å². The molecule has 0 saturated heterocycles. The van der Waals surface area contributed by atoms with Crippen LogP contribution in [0.25, 0.3) is 0 Å². The second kappa shape index (κ2) is 5.41. The van der Waals surface area contributed by atoms with Gasteiger partial charge in [-0.1, -0.05) is 27.5 Å². The Hall–Kier alpha value is -1.86. The van der Waals surface area contributed by atoms with Crippen LogP contribution in [-0.4, -0.2) is 9.91 Å². The fourth-order valence-electron chi connectivity index (χ4n) is 1.44. The zero-order valence-corrected chi connectivity index (χ0v) is 11.8. The molecule has 0 radical (unpaired) electrons. The quantitative estimate of drug-likeness (QED) is 0.654. The van der Waals surface area contributed by atoms with Gasteiger partial charge in [0.2, 0.25) is 0 Å². The summed E-state index contributed by atoms with van der Waals surface area (Å²) in [6, 6.07) is 7.68. The number of nitrogens with zero attached hydrogens (tertiary/aromatic N) is 2. The summed E-state index contributed by atoms with van der Waals surface area (Å²) in [5.74, 6) is 0.314. The number of benzene rings is 1. The third-order valence-electron chi connectivity index (χ3n) is 2.23. The molecule has 0 bridgehead atoms. The number of nitrogen functional groups attached to an aromatic ring is 1. The van der Waals surface area contributed by atoms with E-state index in [0.717, 1.165) is 4.47 Å². The first kappa shape index (κ1) is 13.6. The first-order valence-corrected chi connectivity index (χ1v) is 6.27. The van der Waals surface area contributed by atoms with Gasteiger partial charge in [-0.05, 0) is 18.2 Å². The van der Waals surface area contributed by atoms with Gasteiger partial charge in [0.05, 0.1) is 27.8 Å². The molecule has 0 spiro atoms. The monoisotopic (exact) mass is 342 g/mol. The molecular weight excluding hydrogens is 336 g/mol. The molecule has 1 heterocycles. The average Bonchev–Trinajstić information content (AvgIpc) is 2.33. The summed E-state index contributed by atoms with van der Waals surface area (Å²) in [6.07, 6.45) is 0. The van der Waals surface area contributed by atoms with Crippen molar-refractivity contribution in [2.45, 2.75) is 0 Å². The highest BCUT2D eigenvalue weighted by Gasteiger charge is 2.11. The highest BCUT2D eigenvalue weighted by molar-refractivity contribution is 9.10. The summed E-state index contributed by atoms with van der Waals surface area (Å²) in [7, 11) is 0. The highest BCUT2D eigenvalue weighted by atomic mass is 79.9. The predicted octanol–water partition coefficient (Wildman–Crippen LogP) is 3.73. The van der Waals surface area contributed by atoms with E-state index in [-0.39, 0.29) is 17.3 Å². The van der Waals surface area contributed by atoms with Gasteiger partial charge in [0, 0.05) is 4.47 Å². The molecule has 1 aromatic carbocycles. The van der Waals surface area contributed by atoms with Crippen molar-refractivity contribution in [1.82, 2.24) is 4.98 Å². The SMILES string of the molecule is Nc1cc([N+](=O)[O-])cc(Nc2cc(Br)ccc2Cl)n1. The molecular formula is C11H8BrClN4O2. The standard InChI is InChI=1S/C11H8BrClN4O2/c12-6-1-2-8(13)9(3-6)15-11-5-7(17(18)19)4-10(14)16-11/h1-5H,(H3,14,15,16). The van der Waals surface area contributed by atoms with Crippen molar-refractivity contribution in [3.63, 3.8) is 0 Å². The number of nitro groups is 1. The highest BCUT2D eigenvalue weighted by Crippen LogP contribution is 2.29. The lowest BCUT2D eigenvalue weighted by Crippen LogP contribution is -2.00. The van der Waals surface area contributed by atoms with Crippen molar-refractivity contribution in [2.24, 2.45) is 0 Å². The van der Waals surface area contributed by atoms with Crippen LogP contribution in [0.2, 0.25) is 5.02 Å². The molecule has 19 heavy (non-hydrogen) atoms. The molecule has 0 saturated carbocycles. The summed E-state index contributed by atoms with van der Waals surface area (Å²) in [5.41, 5.74) is 5.96. The van der Waals surface area contributed by atoms with Crippen LogP contribution in [0.3, 0.4) is 0 Å². The van der Waals surface area contributed by atoms with E-state index in [1.165, 1.54) is 12.1 Å². The normalized spacial score (nSPS) is 10.2. The van der Waals surface area contributed by atoms with Crippen molar-refractivity contribution in [2.75, 3.05) is 11.1 Å². The van der Waals surface area contributed by atoms with Crippen LogP contribution in [0.1, 0.15) is 0 Å². The molecule has 0 aliphatic heterocycles. The summed E-state index contributed by atoms with van der Waals surface area (Å²) >= 11 is 9.32. The van der Waals surface area contributed by atoms with Crippen LogP contribution in [0.15, 0.2) is 34.8 Å². The predicted molar refractivity (Wildman–Crippen MR) is 77.7 cm³/mol. The van der Waals surface area contributed by atoms with Gasteiger partial charge < -0.3 is 11.1 Å². The number of hydrogen-bond donors (Lipinski definition) is 2. The van der Waals surface area contributed by atoms with Gasteiger partial charge in [-0.15, -0.1) is 0 Å². The van der Waals surface area contributed by atoms with E-state index in [1.807, 2.05) is 0 Å². The Balaban J connectivity index is 2.38. The molecule has 2 aromatic rings. The number of hydrogen-bond acceptors (Lipinski definition) is 5. The second-order valence-corrected chi connectivity index (χ2v) is 4.96. The maximum atomic E-state index is 10.7. The van der Waals surface area contributed by atoms with Crippen LogP contribution in [-0.2, 0) is 0 Å². The largest absolute Gasteiger partial charge is 0.383 e. The van der Waals surface area contributed by atoms with Crippen LogP contribution in [0, 0.1) is 10.1 Å². The van der Waals surface area contributed by atoms with Crippen molar-refractivity contribution < 1.29 is 4.92 Å². The summed E-state index contributed by atoms with van der Waals surface area (Å²) in [6.45, 7) is 0. The zero-order valence-electron chi connectivity index (χ0n) is 9.43. The molecule has 8 heteroatoms. The third kappa shape index (κ3) is 3.33. The number of nitrogens with two attached hydrogens (primary N) is 1. The number of rotatable bonds is 3. The number of aromatic nitrogens is 1. The molecule has 98 valence electrons. The van der Waals surface area contributed by atoms with Crippen molar-refractivity contribution in [3.8, 4) is 0 Å². The minimum atomic E-state index is -0.536. The Morgan fingerprint density at radius 3 is 2.79 bits per heavy atom. The van der Waals surface area contributed by atoms with E-state index in [1.54, 1.807) is 18.2 Å². The van der Waals surface area contributed by atoms with Gasteiger partial charge in [-0.3, -0.25) is 10.1 Å². The Bertz CT molecular complexity index is 651. The van der Waals surface area contributed by atoms with Gasteiger partial charge in [0.15, 0.2) is 0 Å². The average molecular weight is 344 g/mol. The lowest BCUT2D eigenvalue weighted by molar-refractivity contribution is -0.384. The number of pyridine rings is 1. The molecule has 0 unspecified atom stereocenters. The molecule has 0 fully saturated rings. The van der Waals surface area contributed by atoms with Gasteiger partial charge in [-0.2, -0.15) is 0 Å². The number of nitrogens with one attached hydrogen (secondary N) is 1. The van der Waals surface area contributed by atoms with Crippen molar-refractivity contribution in [1.29, 1.82) is 0 Å². The molecule has 0 aliphatic rings. The topological polar surface area (TPSA) is 94.1 Å². The zero-order chi connectivity index (χ0) is 14.0. The van der Waals surface area contributed by atoms with E-state index < -0.39 is 4.92 Å². The van der Waals surface area contributed by atoms with Crippen LogP contribution in [0.4, 0.5) is 23.0 Å². The van der Waals surface area contributed by atoms with Crippen molar-refractivity contribution in [3.05, 3.63) is 49.9 Å². The Morgan fingerprint density at radius 2 is 2.11 bits per heavy atom. The van der Waals surface area contributed by atoms with E-state index in [4.69, 9.17) is 17.3 Å². The molecule has 6 nitrogen and oxygen atoms in total. The van der Waals surface area contributed by atoms with Gasteiger partial charge in [0.1, 0.15) is 11.6 Å². The molecule has 3 N–H and O–H groups in total. The van der Waals surface area contributed by atoms with E-state index >= 15 is 0 Å². The maximum absolute atomic E-state index is 10.7. The van der Waals surface area contributed by atoms with E-state index in [2.05, 4.69) is 26.2 Å². The van der Waals surface area contributed by atoms with Crippen LogP contribution in [0.5, 0.6) is 0 Å². The molecule has 0 aliphatic carbocycles. The number of halogens is 2. The Labute approximate surface area is 121 Å². The molecule has 2 rings (SSSR count). The minimum Gasteiger partial charge on any atom is -0.383 e. The molecule has 0 amide bonds. The lowest BCUT2D eigenvalue weighted by Gasteiger charge is -2.08. The molecule has 0 atom stereocenters. The summed E-state index contributed by atoms with van der Waals surface area (Å²) < 4.78 is 0.817. The third-order valence-corrected chi connectivity index (χ3v) is 3.05. The van der Waals surface area contributed by atoms with E-state index in [9.17, 15) is 10.1 Å². The first-order valence-electron chi connectivity index (χ1n) is 5.10. The van der Waals surface area contributed by atoms with Crippen LogP contribution < -0.4 is 11.1 Å². The number of anilines is 3. The fraction of sp³-hybridized carbons (Fsp3) is 0. The molecule has 1 aromatic heterocycles. The van der Waals surface area contributed by atoms with E-state index in [0.29, 0.717) is 10.7 Å². The summed E-state index contributed by atoms with van der Waals surface area (Å²) in [5, 5.41) is 14.1. The Kier molecular flexibility index (Phi) is 3.87. The second-order valence-electron chi connectivity index (χ2n) is 3.64. The van der Waals surface area contributed by atoms with Crippen molar-refractivity contribution >= 4 is 50.5 Å². The Morgan fingerprint density at radius 1 is 1.37 bits per heavy atom. The van der Waals surface area contributed by atoms with Gasteiger partial charge in [-0.25, -0.2) is 4.98 Å². The summed E-state index contributed by atoms with van der Waals surface area (Å²) in [4.78, 5) is 14.2. The first-order chi connectivity index (χ1) is 8.95. The maximum Gasteiger partial charge on any atom is 0.276 e. The van der Waals surface area contributed by atoms with Gasteiger partial charge in [0.25, 0.3) is 5.69 Å². The van der Waals surface area contributed by atoms with Gasteiger partial charge >= 0.3 is 0 Å². The fourth-order valence-corrected chi connectivity index (χ4v) is 1.96. The lowest BCUT2D eigenvalue weighted by atomic mass is 10.3. The smallest absolute Gasteiger partial charge is 0.276 e. The minimum absolute atomic E-state index is 0.0582.